The highest BCUT2D eigenvalue weighted by molar-refractivity contribution is 7.89. The molecule has 0 unspecified atom stereocenters. The minimum Gasteiger partial charge on any atom is -0.493 e. The number of rotatable bonds is 5. The van der Waals surface area contributed by atoms with Crippen molar-refractivity contribution in [2.75, 3.05) is 20.1 Å². The molecule has 2 rings (SSSR count). The maximum absolute atomic E-state index is 12.2. The second kappa shape index (κ2) is 5.52. The van der Waals surface area contributed by atoms with Crippen LogP contribution in [0.2, 0.25) is 0 Å². The van der Waals surface area contributed by atoms with Crippen molar-refractivity contribution >= 4 is 20.8 Å². The summed E-state index contributed by atoms with van der Waals surface area (Å²) >= 11 is 0. The second-order valence-electron chi connectivity index (χ2n) is 3.99. The maximum Gasteiger partial charge on any atom is 0.241 e. The van der Waals surface area contributed by atoms with Crippen molar-refractivity contribution in [1.29, 1.82) is 0 Å². The summed E-state index contributed by atoms with van der Waals surface area (Å²) in [5, 5.41) is 13.4. The Morgan fingerprint density at radius 2 is 2.00 bits per heavy atom. The number of fused-ring (bicyclic) bond motifs is 1. The fourth-order valence-corrected chi connectivity index (χ4v) is 3.04. The van der Waals surface area contributed by atoms with Crippen LogP contribution in [0, 0.1) is 0 Å². The average Bonchev–Trinajstić information content (AvgIpc) is 2.39. The molecule has 0 aliphatic rings. The lowest BCUT2D eigenvalue weighted by atomic mass is 10.2. The van der Waals surface area contributed by atoms with E-state index < -0.39 is 10.0 Å². The molecule has 7 heteroatoms. The fourth-order valence-electron chi connectivity index (χ4n) is 1.79. The number of aromatic hydroxyl groups is 1. The zero-order valence-electron chi connectivity index (χ0n) is 10.4. The van der Waals surface area contributed by atoms with Gasteiger partial charge in [0.2, 0.25) is 15.9 Å². The van der Waals surface area contributed by atoms with Crippen molar-refractivity contribution in [3.05, 3.63) is 30.5 Å². The van der Waals surface area contributed by atoms with Gasteiger partial charge in [-0.2, -0.15) is 0 Å². The minimum absolute atomic E-state index is 0.138. The highest BCUT2D eigenvalue weighted by Crippen LogP contribution is 2.27. The van der Waals surface area contributed by atoms with Crippen LogP contribution in [0.5, 0.6) is 5.88 Å². The van der Waals surface area contributed by atoms with Gasteiger partial charge in [0.25, 0.3) is 0 Å². The molecule has 0 amide bonds. The van der Waals surface area contributed by atoms with Crippen molar-refractivity contribution in [2.24, 2.45) is 0 Å². The molecule has 1 aromatic heterocycles. The van der Waals surface area contributed by atoms with E-state index >= 15 is 0 Å². The van der Waals surface area contributed by atoms with Gasteiger partial charge in [-0.05, 0) is 25.2 Å². The van der Waals surface area contributed by atoms with Crippen LogP contribution in [-0.4, -0.2) is 38.6 Å². The van der Waals surface area contributed by atoms with E-state index in [1.54, 1.807) is 25.2 Å². The Labute approximate surface area is 111 Å². The van der Waals surface area contributed by atoms with Crippen LogP contribution in [-0.2, 0) is 10.0 Å². The van der Waals surface area contributed by atoms with E-state index in [1.807, 2.05) is 0 Å². The van der Waals surface area contributed by atoms with E-state index in [4.69, 9.17) is 0 Å². The van der Waals surface area contributed by atoms with Crippen LogP contribution >= 0.6 is 0 Å². The van der Waals surface area contributed by atoms with Crippen molar-refractivity contribution < 1.29 is 13.5 Å². The molecule has 0 fully saturated rings. The summed E-state index contributed by atoms with van der Waals surface area (Å²) in [5.41, 5.74) is 0. The number of sulfonamides is 1. The van der Waals surface area contributed by atoms with E-state index in [2.05, 4.69) is 15.0 Å². The summed E-state index contributed by atoms with van der Waals surface area (Å²) in [5.74, 6) is -0.176. The molecule has 1 aromatic carbocycles. The van der Waals surface area contributed by atoms with Gasteiger partial charge >= 0.3 is 0 Å². The number of aromatic nitrogens is 1. The van der Waals surface area contributed by atoms with Gasteiger partial charge in [-0.15, -0.1) is 0 Å². The predicted octanol–water partition coefficient (Wildman–Crippen LogP) is 0.438. The third-order valence-electron chi connectivity index (χ3n) is 2.70. The molecule has 0 bridgehead atoms. The Hall–Kier alpha value is -1.70. The highest BCUT2D eigenvalue weighted by atomic mass is 32.2. The number of nitrogens with zero attached hydrogens (tertiary/aromatic N) is 1. The van der Waals surface area contributed by atoms with Gasteiger partial charge in [-0.25, -0.2) is 18.1 Å². The molecular formula is C12H15N3O3S. The molecule has 19 heavy (non-hydrogen) atoms. The van der Waals surface area contributed by atoms with E-state index in [0.717, 1.165) is 0 Å². The zero-order valence-corrected chi connectivity index (χ0v) is 11.2. The summed E-state index contributed by atoms with van der Waals surface area (Å²) in [6.45, 7) is 0.836. The Morgan fingerprint density at radius 3 is 2.74 bits per heavy atom. The molecule has 3 N–H and O–H groups in total. The van der Waals surface area contributed by atoms with Gasteiger partial charge in [0.1, 0.15) is 0 Å². The van der Waals surface area contributed by atoms with Crippen LogP contribution in [0.1, 0.15) is 0 Å². The lowest BCUT2D eigenvalue weighted by Crippen LogP contribution is -2.30. The van der Waals surface area contributed by atoms with Gasteiger partial charge in [0, 0.05) is 30.1 Å². The summed E-state index contributed by atoms with van der Waals surface area (Å²) in [6, 6.07) is 6.28. The smallest absolute Gasteiger partial charge is 0.241 e. The van der Waals surface area contributed by atoms with Gasteiger partial charge < -0.3 is 10.4 Å². The van der Waals surface area contributed by atoms with Crippen molar-refractivity contribution in [1.82, 2.24) is 15.0 Å². The normalized spacial score (nSPS) is 11.8. The first-order valence-corrected chi connectivity index (χ1v) is 7.25. The molecule has 0 aliphatic heterocycles. The molecular weight excluding hydrogens is 266 g/mol. The first kappa shape index (κ1) is 13.7. The quantitative estimate of drug-likeness (QED) is 0.692. The molecule has 102 valence electrons. The predicted molar refractivity (Wildman–Crippen MR) is 72.5 cm³/mol. The monoisotopic (exact) mass is 281 g/mol. The fraction of sp³-hybridized carbons (Fsp3) is 0.250. The molecule has 2 aromatic rings. The first-order valence-electron chi connectivity index (χ1n) is 5.77. The lowest BCUT2D eigenvalue weighted by Gasteiger charge is -2.09. The Balaban J connectivity index is 2.48. The molecule has 0 saturated heterocycles. The number of nitrogens with one attached hydrogen (secondary N) is 2. The SMILES string of the molecule is CNCCNS(=O)(=O)c1cccc2c(O)nccc12. The van der Waals surface area contributed by atoms with Gasteiger partial charge in [0.05, 0.1) is 4.90 Å². The molecule has 0 aliphatic carbocycles. The average molecular weight is 281 g/mol. The van der Waals surface area contributed by atoms with Gasteiger partial charge in [0.15, 0.2) is 0 Å². The van der Waals surface area contributed by atoms with E-state index in [9.17, 15) is 13.5 Å². The standard InChI is InChI=1S/C12H15N3O3S/c1-13-7-8-15-19(17,18)11-4-2-3-10-9(11)5-6-14-12(10)16/h2-6,13,15H,7-8H2,1H3,(H,14,16). The maximum atomic E-state index is 12.2. The number of benzene rings is 1. The van der Waals surface area contributed by atoms with E-state index in [0.29, 0.717) is 23.9 Å². The molecule has 0 radical (unpaired) electrons. The Morgan fingerprint density at radius 1 is 1.21 bits per heavy atom. The molecule has 0 saturated carbocycles. The summed E-state index contributed by atoms with van der Waals surface area (Å²) < 4.78 is 26.9. The molecule has 0 atom stereocenters. The van der Waals surface area contributed by atoms with Crippen molar-refractivity contribution in [3.8, 4) is 5.88 Å². The van der Waals surface area contributed by atoms with Crippen LogP contribution in [0.4, 0.5) is 0 Å². The third kappa shape index (κ3) is 2.83. The summed E-state index contributed by atoms with van der Waals surface area (Å²) in [6.07, 6.45) is 1.38. The summed E-state index contributed by atoms with van der Waals surface area (Å²) in [4.78, 5) is 3.87. The van der Waals surface area contributed by atoms with Crippen molar-refractivity contribution in [2.45, 2.75) is 4.90 Å². The molecule has 0 spiro atoms. The van der Waals surface area contributed by atoms with Gasteiger partial charge in [-0.3, -0.25) is 0 Å². The van der Waals surface area contributed by atoms with Gasteiger partial charge in [-0.1, -0.05) is 6.07 Å². The third-order valence-corrected chi connectivity index (χ3v) is 4.22. The molecule has 6 nitrogen and oxygen atoms in total. The largest absolute Gasteiger partial charge is 0.493 e. The number of hydrogen-bond acceptors (Lipinski definition) is 5. The van der Waals surface area contributed by atoms with E-state index in [-0.39, 0.29) is 10.8 Å². The van der Waals surface area contributed by atoms with Crippen LogP contribution in [0.25, 0.3) is 10.8 Å². The van der Waals surface area contributed by atoms with E-state index in [1.165, 1.54) is 12.3 Å². The first-order chi connectivity index (χ1) is 9.06. The summed E-state index contributed by atoms with van der Waals surface area (Å²) in [7, 11) is -1.86. The van der Waals surface area contributed by atoms with Crippen molar-refractivity contribution in [3.63, 3.8) is 0 Å². The zero-order chi connectivity index (χ0) is 13.9. The number of pyridine rings is 1. The topological polar surface area (TPSA) is 91.3 Å². The van der Waals surface area contributed by atoms with Crippen LogP contribution in [0.3, 0.4) is 0 Å². The number of hydrogen-bond donors (Lipinski definition) is 3. The van der Waals surface area contributed by atoms with Crippen LogP contribution < -0.4 is 10.0 Å². The second-order valence-corrected chi connectivity index (χ2v) is 5.72. The molecule has 1 heterocycles. The number of likely N-dealkylation sites (N-methyl/N-ethyl adjacent to an activating group) is 1. The lowest BCUT2D eigenvalue weighted by molar-refractivity contribution is 0.460. The van der Waals surface area contributed by atoms with Crippen LogP contribution in [0.15, 0.2) is 35.4 Å². The Kier molecular flexibility index (Phi) is 3.98. The highest BCUT2D eigenvalue weighted by Gasteiger charge is 2.17. The Bertz CT molecular complexity index is 686. The minimum atomic E-state index is -3.60.